The van der Waals surface area contributed by atoms with Gasteiger partial charge in [0.25, 0.3) is 0 Å². The summed E-state index contributed by atoms with van der Waals surface area (Å²) in [5.41, 5.74) is 2.25. The average molecular weight is 273 g/mol. The highest BCUT2D eigenvalue weighted by Crippen LogP contribution is 2.16. The molecule has 0 bridgehead atoms. The van der Waals surface area contributed by atoms with E-state index in [1.165, 1.54) is 5.56 Å². The highest BCUT2D eigenvalue weighted by Gasteiger charge is 2.18. The van der Waals surface area contributed by atoms with Gasteiger partial charge in [0.2, 0.25) is 0 Å². The standard InChI is InChI=1S/C18H27NO/c1-13(2)11-18(16(5)20)19-15(4)14(3)12-17-9-7-6-8-10-17/h6-10,13-14,18-19H,4,11-12H2,1-3,5H3. The molecule has 20 heavy (non-hydrogen) atoms. The van der Waals surface area contributed by atoms with Gasteiger partial charge >= 0.3 is 0 Å². The molecule has 2 heteroatoms. The Morgan fingerprint density at radius 2 is 1.80 bits per heavy atom. The molecule has 2 atom stereocenters. The van der Waals surface area contributed by atoms with Gasteiger partial charge in [0.15, 0.2) is 5.78 Å². The van der Waals surface area contributed by atoms with Crippen molar-refractivity contribution in [3.63, 3.8) is 0 Å². The normalized spacial score (nSPS) is 13.8. The van der Waals surface area contributed by atoms with Crippen LogP contribution < -0.4 is 5.32 Å². The summed E-state index contributed by atoms with van der Waals surface area (Å²) in [5.74, 6) is 0.992. The number of carbonyl (C=O) groups excluding carboxylic acids is 1. The minimum atomic E-state index is -0.110. The molecule has 0 aliphatic rings. The third kappa shape index (κ3) is 5.60. The van der Waals surface area contributed by atoms with E-state index in [2.05, 4.69) is 56.9 Å². The Bertz CT molecular complexity index is 436. The van der Waals surface area contributed by atoms with E-state index in [4.69, 9.17) is 0 Å². The van der Waals surface area contributed by atoms with Crippen molar-refractivity contribution in [1.29, 1.82) is 0 Å². The summed E-state index contributed by atoms with van der Waals surface area (Å²) < 4.78 is 0. The zero-order valence-electron chi connectivity index (χ0n) is 13.1. The molecule has 0 heterocycles. The number of benzene rings is 1. The Kier molecular flexibility index (Phi) is 6.50. The summed E-state index contributed by atoms with van der Waals surface area (Å²) >= 11 is 0. The highest BCUT2D eigenvalue weighted by atomic mass is 16.1. The van der Waals surface area contributed by atoms with Crippen LogP contribution >= 0.6 is 0 Å². The minimum Gasteiger partial charge on any atom is -0.379 e. The van der Waals surface area contributed by atoms with Crippen molar-refractivity contribution < 1.29 is 4.79 Å². The van der Waals surface area contributed by atoms with E-state index < -0.39 is 0 Å². The van der Waals surface area contributed by atoms with Gasteiger partial charge in [-0.05, 0) is 37.2 Å². The summed E-state index contributed by atoms with van der Waals surface area (Å²) in [5, 5.41) is 3.32. The van der Waals surface area contributed by atoms with E-state index >= 15 is 0 Å². The van der Waals surface area contributed by atoms with Crippen LogP contribution in [0.4, 0.5) is 0 Å². The lowest BCUT2D eigenvalue weighted by Crippen LogP contribution is -2.37. The molecule has 0 aromatic heterocycles. The molecule has 1 aromatic rings. The first-order valence-corrected chi connectivity index (χ1v) is 7.39. The average Bonchev–Trinajstić information content (AvgIpc) is 2.38. The van der Waals surface area contributed by atoms with Gasteiger partial charge in [-0.15, -0.1) is 0 Å². The fourth-order valence-corrected chi connectivity index (χ4v) is 2.25. The second kappa shape index (κ2) is 7.88. The molecular weight excluding hydrogens is 246 g/mol. The summed E-state index contributed by atoms with van der Waals surface area (Å²) in [6.45, 7) is 12.2. The lowest BCUT2D eigenvalue weighted by atomic mass is 9.96. The highest BCUT2D eigenvalue weighted by molar-refractivity contribution is 5.81. The smallest absolute Gasteiger partial charge is 0.151 e. The minimum absolute atomic E-state index is 0.110. The van der Waals surface area contributed by atoms with Crippen molar-refractivity contribution in [3.05, 3.63) is 48.2 Å². The predicted molar refractivity (Wildman–Crippen MR) is 85.5 cm³/mol. The Morgan fingerprint density at radius 1 is 1.20 bits per heavy atom. The van der Waals surface area contributed by atoms with Gasteiger partial charge in [0, 0.05) is 5.70 Å². The molecule has 0 saturated heterocycles. The quantitative estimate of drug-likeness (QED) is 0.776. The molecule has 2 unspecified atom stereocenters. The summed E-state index contributed by atoms with van der Waals surface area (Å²) in [6.07, 6.45) is 1.80. The van der Waals surface area contributed by atoms with Crippen LogP contribution in [0.25, 0.3) is 0 Å². The van der Waals surface area contributed by atoms with Crippen molar-refractivity contribution in [2.75, 3.05) is 0 Å². The molecule has 0 fully saturated rings. The molecule has 0 spiro atoms. The summed E-state index contributed by atoms with van der Waals surface area (Å²) in [7, 11) is 0. The van der Waals surface area contributed by atoms with E-state index in [-0.39, 0.29) is 11.8 Å². The Labute approximate surface area is 123 Å². The monoisotopic (exact) mass is 273 g/mol. The number of rotatable bonds is 8. The van der Waals surface area contributed by atoms with Gasteiger partial charge in [0.1, 0.15) is 0 Å². The van der Waals surface area contributed by atoms with Gasteiger partial charge in [-0.2, -0.15) is 0 Å². The molecule has 0 aliphatic heterocycles. The van der Waals surface area contributed by atoms with Crippen LogP contribution in [0, 0.1) is 11.8 Å². The third-order valence-corrected chi connectivity index (χ3v) is 3.54. The largest absolute Gasteiger partial charge is 0.379 e. The Hall–Kier alpha value is -1.57. The summed E-state index contributed by atoms with van der Waals surface area (Å²) in [4.78, 5) is 11.7. The zero-order chi connectivity index (χ0) is 15.1. The molecule has 110 valence electrons. The van der Waals surface area contributed by atoms with Crippen LogP contribution in [-0.2, 0) is 11.2 Å². The fraction of sp³-hybridized carbons (Fsp3) is 0.500. The first-order valence-electron chi connectivity index (χ1n) is 7.39. The molecule has 1 N–H and O–H groups in total. The van der Waals surface area contributed by atoms with Gasteiger partial charge in [0.05, 0.1) is 6.04 Å². The van der Waals surface area contributed by atoms with E-state index in [0.717, 1.165) is 18.5 Å². The molecule has 0 radical (unpaired) electrons. The van der Waals surface area contributed by atoms with Crippen molar-refractivity contribution in [2.24, 2.45) is 11.8 Å². The van der Waals surface area contributed by atoms with E-state index in [1.807, 2.05) is 6.07 Å². The number of hydrogen-bond donors (Lipinski definition) is 1. The van der Waals surface area contributed by atoms with Crippen LogP contribution in [0.5, 0.6) is 0 Å². The molecular formula is C18H27NO. The Balaban J connectivity index is 2.57. The second-order valence-corrected chi connectivity index (χ2v) is 6.05. The predicted octanol–water partition coefficient (Wildman–Crippen LogP) is 3.97. The molecule has 2 nitrogen and oxygen atoms in total. The van der Waals surface area contributed by atoms with Crippen molar-refractivity contribution in [3.8, 4) is 0 Å². The maximum Gasteiger partial charge on any atom is 0.151 e. The van der Waals surface area contributed by atoms with E-state index in [9.17, 15) is 4.79 Å². The van der Waals surface area contributed by atoms with Crippen LogP contribution in [0.2, 0.25) is 0 Å². The maximum absolute atomic E-state index is 11.7. The van der Waals surface area contributed by atoms with Crippen LogP contribution in [0.15, 0.2) is 42.6 Å². The molecule has 0 aliphatic carbocycles. The number of Topliss-reactive ketones (excluding diaryl/α,β-unsaturated/α-hetero) is 1. The third-order valence-electron chi connectivity index (χ3n) is 3.54. The van der Waals surface area contributed by atoms with Gasteiger partial charge < -0.3 is 5.32 Å². The van der Waals surface area contributed by atoms with Crippen LogP contribution in [0.1, 0.15) is 39.7 Å². The number of nitrogens with one attached hydrogen (secondary N) is 1. The molecule has 0 saturated carbocycles. The van der Waals surface area contributed by atoms with Crippen LogP contribution in [-0.4, -0.2) is 11.8 Å². The zero-order valence-corrected chi connectivity index (χ0v) is 13.1. The second-order valence-electron chi connectivity index (χ2n) is 6.05. The van der Waals surface area contributed by atoms with E-state index in [0.29, 0.717) is 11.8 Å². The fourth-order valence-electron chi connectivity index (χ4n) is 2.25. The lowest BCUT2D eigenvalue weighted by molar-refractivity contribution is -0.119. The molecule has 1 aromatic carbocycles. The van der Waals surface area contributed by atoms with Gasteiger partial charge in [-0.3, -0.25) is 4.79 Å². The number of ketones is 1. The van der Waals surface area contributed by atoms with Crippen molar-refractivity contribution in [1.82, 2.24) is 5.32 Å². The van der Waals surface area contributed by atoms with Gasteiger partial charge in [-0.25, -0.2) is 0 Å². The Morgan fingerprint density at radius 3 is 2.30 bits per heavy atom. The van der Waals surface area contributed by atoms with Crippen molar-refractivity contribution >= 4 is 5.78 Å². The number of hydrogen-bond acceptors (Lipinski definition) is 2. The first kappa shape index (κ1) is 16.5. The topological polar surface area (TPSA) is 29.1 Å². The SMILES string of the molecule is C=C(NC(CC(C)C)C(C)=O)C(C)Cc1ccccc1. The van der Waals surface area contributed by atoms with Crippen LogP contribution in [0.3, 0.4) is 0 Å². The lowest BCUT2D eigenvalue weighted by Gasteiger charge is -2.24. The maximum atomic E-state index is 11.7. The molecule has 1 rings (SSSR count). The molecule has 0 amide bonds. The number of allylic oxidation sites excluding steroid dienone is 1. The summed E-state index contributed by atoms with van der Waals surface area (Å²) in [6, 6.07) is 10.3. The first-order chi connectivity index (χ1) is 9.40. The number of carbonyl (C=O) groups is 1. The van der Waals surface area contributed by atoms with E-state index in [1.54, 1.807) is 6.92 Å². The van der Waals surface area contributed by atoms with Gasteiger partial charge in [-0.1, -0.05) is 57.7 Å². The van der Waals surface area contributed by atoms with Crippen molar-refractivity contribution in [2.45, 2.75) is 46.6 Å².